The predicted molar refractivity (Wildman–Crippen MR) is 98.1 cm³/mol. The van der Waals surface area contributed by atoms with E-state index in [2.05, 4.69) is 9.84 Å². The molecule has 0 aliphatic carbocycles. The maximum atomic E-state index is 11.9. The van der Waals surface area contributed by atoms with Gasteiger partial charge in [-0.1, -0.05) is 12.1 Å². The van der Waals surface area contributed by atoms with E-state index < -0.39 is 15.8 Å². The molecule has 0 N–H and O–H groups in total. The predicted octanol–water partition coefficient (Wildman–Crippen LogP) is 3.30. The summed E-state index contributed by atoms with van der Waals surface area (Å²) in [5.41, 5.74) is 3.73. The zero-order valence-corrected chi connectivity index (χ0v) is 15.1. The summed E-state index contributed by atoms with van der Waals surface area (Å²) in [4.78, 5) is 19.5. The Kier molecular flexibility index (Phi) is 4.62. The lowest BCUT2D eigenvalue weighted by Crippen LogP contribution is -2.06. The van der Waals surface area contributed by atoms with Gasteiger partial charge < -0.3 is 4.74 Å². The molecule has 0 fully saturated rings. The summed E-state index contributed by atoms with van der Waals surface area (Å²) in [5.74, 6) is -0.400. The lowest BCUT2D eigenvalue weighted by Gasteiger charge is -2.05. The van der Waals surface area contributed by atoms with Gasteiger partial charge >= 0.3 is 5.97 Å². The van der Waals surface area contributed by atoms with Crippen LogP contribution in [0.25, 0.3) is 4.85 Å². The number of carbonyl (C=O) groups is 1. The van der Waals surface area contributed by atoms with E-state index in [4.69, 9.17) is 11.3 Å². The highest BCUT2D eigenvalue weighted by atomic mass is 32.2. The fraction of sp³-hybridized carbons (Fsp3) is 0.211. The number of aliphatic imine (C=N–C) groups is 1. The maximum Gasteiger partial charge on any atom is 0.337 e. The van der Waals surface area contributed by atoms with Gasteiger partial charge in [-0.2, -0.15) is 0 Å². The largest absolute Gasteiger partial charge is 0.465 e. The summed E-state index contributed by atoms with van der Waals surface area (Å²) in [5, 5.41) is 0. The van der Waals surface area contributed by atoms with Crippen molar-refractivity contribution in [2.24, 2.45) is 4.99 Å². The average molecular weight is 368 g/mol. The molecule has 0 saturated carbocycles. The Morgan fingerprint density at radius 1 is 1.31 bits per heavy atom. The molecule has 0 aromatic heterocycles. The molecule has 2 aromatic carbocycles. The molecule has 7 heteroatoms. The van der Waals surface area contributed by atoms with Gasteiger partial charge in [-0.3, -0.25) is 4.99 Å². The molecule has 1 heterocycles. The number of fused-ring (bicyclic) bond motifs is 1. The number of hydrogen-bond acceptors (Lipinski definition) is 5. The summed E-state index contributed by atoms with van der Waals surface area (Å²) in [6.07, 6.45) is 2.14. The molecule has 0 spiro atoms. The third-order valence-corrected chi connectivity index (χ3v) is 5.24. The monoisotopic (exact) mass is 368 g/mol. The van der Waals surface area contributed by atoms with E-state index in [-0.39, 0.29) is 10.6 Å². The molecule has 0 unspecified atom stereocenters. The van der Waals surface area contributed by atoms with Crippen LogP contribution in [0.15, 0.2) is 46.3 Å². The van der Waals surface area contributed by atoms with E-state index in [1.54, 1.807) is 24.3 Å². The molecule has 26 heavy (non-hydrogen) atoms. The van der Waals surface area contributed by atoms with E-state index in [0.717, 1.165) is 23.1 Å². The van der Waals surface area contributed by atoms with Gasteiger partial charge in [-0.15, -0.1) is 0 Å². The van der Waals surface area contributed by atoms with Gasteiger partial charge in [0, 0.05) is 24.8 Å². The number of benzene rings is 2. The van der Waals surface area contributed by atoms with Gasteiger partial charge in [0.2, 0.25) is 5.69 Å². The minimum Gasteiger partial charge on any atom is -0.465 e. The van der Waals surface area contributed by atoms with E-state index in [9.17, 15) is 13.2 Å². The Morgan fingerprint density at radius 3 is 2.73 bits per heavy atom. The van der Waals surface area contributed by atoms with Crippen LogP contribution in [0.2, 0.25) is 0 Å². The Labute approximate surface area is 151 Å². The minimum absolute atomic E-state index is 0.0374. The van der Waals surface area contributed by atoms with Gasteiger partial charge in [0.15, 0.2) is 9.84 Å². The van der Waals surface area contributed by atoms with E-state index >= 15 is 0 Å². The van der Waals surface area contributed by atoms with Crippen molar-refractivity contribution in [1.82, 2.24) is 0 Å². The quantitative estimate of drug-likeness (QED) is 0.613. The Balaban J connectivity index is 1.89. The topological polar surface area (TPSA) is 77.2 Å². The number of sulfone groups is 1. The normalized spacial score (nSPS) is 12.9. The molecule has 0 radical (unpaired) electrons. The van der Waals surface area contributed by atoms with Crippen LogP contribution in [0.4, 0.5) is 11.4 Å². The molecular formula is C19H16N2O4S. The first-order valence-corrected chi connectivity index (χ1v) is 9.69. The second kappa shape index (κ2) is 6.73. The number of hydrogen-bond donors (Lipinski definition) is 0. The number of esters is 1. The fourth-order valence-electron chi connectivity index (χ4n) is 2.92. The minimum atomic E-state index is -3.48. The van der Waals surface area contributed by atoms with Crippen molar-refractivity contribution in [3.8, 4) is 0 Å². The molecule has 0 bridgehead atoms. The Bertz CT molecular complexity index is 1080. The second-order valence-corrected chi connectivity index (χ2v) is 8.04. The van der Waals surface area contributed by atoms with Crippen LogP contribution < -0.4 is 0 Å². The van der Waals surface area contributed by atoms with Gasteiger partial charge in [-0.25, -0.2) is 18.1 Å². The summed E-state index contributed by atoms with van der Waals surface area (Å²) < 4.78 is 28.5. The van der Waals surface area contributed by atoms with Gasteiger partial charge in [0.25, 0.3) is 0 Å². The highest BCUT2D eigenvalue weighted by Gasteiger charge is 2.22. The van der Waals surface area contributed by atoms with Crippen LogP contribution in [0.5, 0.6) is 0 Å². The number of methoxy groups -OCH3 is 1. The smallest absolute Gasteiger partial charge is 0.337 e. The van der Waals surface area contributed by atoms with Crippen molar-refractivity contribution >= 4 is 32.9 Å². The zero-order chi connectivity index (χ0) is 18.9. The third kappa shape index (κ3) is 3.51. The molecule has 0 saturated heterocycles. The molecule has 1 aliphatic rings. The fourth-order valence-corrected chi connectivity index (χ4v) is 3.76. The lowest BCUT2D eigenvalue weighted by molar-refractivity contribution is 0.0600. The molecule has 2 aromatic rings. The SMILES string of the molecule is [C-]#[N+]c1cc2c(cc1S(C)(=O)=O)CC(Cc1cccc(C(=O)OC)c1)=N2. The first kappa shape index (κ1) is 17.8. The number of nitrogens with zero attached hydrogens (tertiary/aromatic N) is 2. The Morgan fingerprint density at radius 2 is 2.08 bits per heavy atom. The van der Waals surface area contributed by atoms with Gasteiger partial charge in [0.05, 0.1) is 29.8 Å². The number of carbonyl (C=O) groups excluding carboxylic acids is 1. The van der Waals surface area contributed by atoms with E-state index in [0.29, 0.717) is 24.1 Å². The maximum absolute atomic E-state index is 11.9. The van der Waals surface area contributed by atoms with Crippen molar-refractivity contribution in [3.05, 3.63) is 64.5 Å². The van der Waals surface area contributed by atoms with Gasteiger partial charge in [0.1, 0.15) is 0 Å². The first-order valence-electron chi connectivity index (χ1n) is 7.80. The third-order valence-electron chi connectivity index (χ3n) is 4.11. The number of rotatable bonds is 4. The molecule has 3 rings (SSSR count). The van der Waals surface area contributed by atoms with E-state index in [1.807, 2.05) is 6.07 Å². The van der Waals surface area contributed by atoms with Crippen LogP contribution in [0, 0.1) is 6.57 Å². The van der Waals surface area contributed by atoms with E-state index in [1.165, 1.54) is 13.2 Å². The van der Waals surface area contributed by atoms with Crippen LogP contribution in [0.3, 0.4) is 0 Å². The van der Waals surface area contributed by atoms with Crippen LogP contribution in [0.1, 0.15) is 21.5 Å². The van der Waals surface area contributed by atoms with Gasteiger partial charge in [-0.05, 0) is 35.4 Å². The van der Waals surface area contributed by atoms with Crippen LogP contribution >= 0.6 is 0 Å². The molecule has 132 valence electrons. The molecule has 6 nitrogen and oxygen atoms in total. The standard InChI is InChI=1S/C19H16N2O4S/c1-20-17-11-16-14(10-18(17)26(3,23)24)9-15(21-16)8-12-5-4-6-13(7-12)19(22)25-2/h4-7,10-11H,8-9H2,2-3H3. The highest BCUT2D eigenvalue weighted by Crippen LogP contribution is 2.36. The molecule has 1 aliphatic heterocycles. The van der Waals surface area contributed by atoms with Crippen molar-refractivity contribution in [2.45, 2.75) is 17.7 Å². The first-order chi connectivity index (χ1) is 12.3. The van der Waals surface area contributed by atoms with Crippen LogP contribution in [-0.2, 0) is 27.4 Å². The zero-order valence-electron chi connectivity index (χ0n) is 14.3. The lowest BCUT2D eigenvalue weighted by atomic mass is 10.0. The van der Waals surface area contributed by atoms with Crippen molar-refractivity contribution in [1.29, 1.82) is 0 Å². The number of ether oxygens (including phenoxy) is 1. The van der Waals surface area contributed by atoms with Crippen molar-refractivity contribution in [3.63, 3.8) is 0 Å². The van der Waals surface area contributed by atoms with Crippen molar-refractivity contribution < 1.29 is 17.9 Å². The average Bonchev–Trinajstić information content (AvgIpc) is 3.00. The summed E-state index contributed by atoms with van der Waals surface area (Å²) in [7, 11) is -2.14. The summed E-state index contributed by atoms with van der Waals surface area (Å²) >= 11 is 0. The van der Waals surface area contributed by atoms with Crippen LogP contribution in [-0.4, -0.2) is 33.5 Å². The second-order valence-electron chi connectivity index (χ2n) is 6.06. The Hall–Kier alpha value is -2.98. The summed E-state index contributed by atoms with van der Waals surface area (Å²) in [6.45, 7) is 7.21. The molecular weight excluding hydrogens is 352 g/mol. The molecule has 0 amide bonds. The highest BCUT2D eigenvalue weighted by molar-refractivity contribution is 7.90. The molecule has 0 atom stereocenters. The summed E-state index contributed by atoms with van der Waals surface area (Å²) in [6, 6.07) is 10.2. The van der Waals surface area contributed by atoms with Crippen molar-refractivity contribution in [2.75, 3.05) is 13.4 Å².